The summed E-state index contributed by atoms with van der Waals surface area (Å²) < 4.78 is 0. The monoisotopic (exact) mass is 300 g/mol. The first-order chi connectivity index (χ1) is 9.76. The van der Waals surface area contributed by atoms with E-state index >= 15 is 0 Å². The topological polar surface area (TPSA) is 52.8 Å². The molecule has 0 aliphatic carbocycles. The molecule has 0 heterocycles. The molecule has 0 fully saturated rings. The normalized spacial score (nSPS) is 12.2. The molecular weight excluding hydrogens is 264 g/mol. The van der Waals surface area contributed by atoms with Crippen molar-refractivity contribution in [2.75, 3.05) is 54.4 Å². The molecule has 5 nitrogen and oxygen atoms in total. The molecule has 0 atom stereocenters. The van der Waals surface area contributed by atoms with Gasteiger partial charge in [-0.15, -0.1) is 0 Å². The highest BCUT2D eigenvalue weighted by Crippen LogP contribution is 2.16. The van der Waals surface area contributed by atoms with Crippen molar-refractivity contribution in [1.82, 2.24) is 14.7 Å². The zero-order chi connectivity index (χ0) is 16.5. The van der Waals surface area contributed by atoms with Gasteiger partial charge >= 0.3 is 0 Å². The Bertz CT molecular complexity index is 274. The highest BCUT2D eigenvalue weighted by atomic mass is 16.2. The van der Waals surface area contributed by atoms with E-state index in [0.717, 1.165) is 39.0 Å². The molecule has 0 rings (SSSR count). The molecule has 21 heavy (non-hydrogen) atoms. The summed E-state index contributed by atoms with van der Waals surface area (Å²) in [6, 6.07) is 0. The van der Waals surface area contributed by atoms with E-state index in [-0.39, 0.29) is 5.91 Å². The first-order valence-corrected chi connectivity index (χ1v) is 8.14. The van der Waals surface area contributed by atoms with Crippen LogP contribution in [0.3, 0.4) is 0 Å². The van der Waals surface area contributed by atoms with Gasteiger partial charge in [-0.1, -0.05) is 13.8 Å². The lowest BCUT2D eigenvalue weighted by atomic mass is 9.92. The van der Waals surface area contributed by atoms with Crippen molar-refractivity contribution in [2.45, 2.75) is 45.1 Å². The number of hydrogen-bond donors (Lipinski definition) is 1. The van der Waals surface area contributed by atoms with Crippen LogP contribution in [-0.4, -0.2) is 80.5 Å². The predicted molar refractivity (Wildman–Crippen MR) is 90.4 cm³/mol. The van der Waals surface area contributed by atoms with Gasteiger partial charge in [0.15, 0.2) is 0 Å². The van der Waals surface area contributed by atoms with Crippen LogP contribution >= 0.6 is 0 Å². The van der Waals surface area contributed by atoms with Gasteiger partial charge in [0.2, 0.25) is 5.91 Å². The summed E-state index contributed by atoms with van der Waals surface area (Å²) in [4.78, 5) is 19.0. The highest BCUT2D eigenvalue weighted by molar-refractivity contribution is 5.86. The van der Waals surface area contributed by atoms with E-state index in [1.807, 2.05) is 18.7 Å². The van der Waals surface area contributed by atoms with Gasteiger partial charge in [-0.3, -0.25) is 4.79 Å². The second-order valence-electron chi connectivity index (χ2n) is 6.47. The average molecular weight is 300 g/mol. The summed E-state index contributed by atoms with van der Waals surface area (Å²) >= 11 is 0. The van der Waals surface area contributed by atoms with Gasteiger partial charge < -0.3 is 20.4 Å². The summed E-state index contributed by atoms with van der Waals surface area (Å²) in [6.45, 7) is 7.58. The third-order valence-corrected chi connectivity index (χ3v) is 4.04. The van der Waals surface area contributed by atoms with Crippen LogP contribution in [0, 0.1) is 0 Å². The maximum absolute atomic E-state index is 12.8. The van der Waals surface area contributed by atoms with E-state index in [4.69, 9.17) is 5.73 Å². The molecule has 0 aliphatic heterocycles. The molecule has 0 aliphatic rings. The van der Waals surface area contributed by atoms with Crippen molar-refractivity contribution in [1.29, 1.82) is 0 Å². The zero-order valence-electron chi connectivity index (χ0n) is 15.0. The molecule has 0 aromatic heterocycles. The van der Waals surface area contributed by atoms with E-state index < -0.39 is 5.54 Å². The number of hydrogen-bond acceptors (Lipinski definition) is 4. The smallest absolute Gasteiger partial charge is 0.242 e. The Morgan fingerprint density at radius 1 is 0.857 bits per heavy atom. The van der Waals surface area contributed by atoms with E-state index in [1.54, 1.807) is 0 Å². The van der Waals surface area contributed by atoms with Crippen LogP contribution in [0.5, 0.6) is 0 Å². The van der Waals surface area contributed by atoms with Gasteiger partial charge in [-0.05, 0) is 67.0 Å². The Balaban J connectivity index is 4.64. The summed E-state index contributed by atoms with van der Waals surface area (Å²) in [7, 11) is 8.24. The van der Waals surface area contributed by atoms with Gasteiger partial charge in [0.25, 0.3) is 0 Å². The molecular formula is C16H36N4O. The molecule has 1 amide bonds. The Hall–Kier alpha value is -0.650. The Labute approximate surface area is 131 Å². The summed E-state index contributed by atoms with van der Waals surface area (Å²) in [5.41, 5.74) is 5.59. The summed E-state index contributed by atoms with van der Waals surface area (Å²) in [5.74, 6) is 0.116. The van der Waals surface area contributed by atoms with Crippen LogP contribution in [0.1, 0.15) is 39.5 Å². The minimum absolute atomic E-state index is 0.116. The number of nitrogens with zero attached hydrogens (tertiary/aromatic N) is 3. The summed E-state index contributed by atoms with van der Waals surface area (Å²) in [6.07, 6.45) is 3.37. The van der Waals surface area contributed by atoms with Gasteiger partial charge in [0.1, 0.15) is 0 Å². The molecule has 5 heteroatoms. The molecule has 0 spiro atoms. The third-order valence-electron chi connectivity index (χ3n) is 4.04. The fourth-order valence-corrected chi connectivity index (χ4v) is 2.34. The summed E-state index contributed by atoms with van der Waals surface area (Å²) in [5, 5.41) is 0. The molecule has 0 unspecified atom stereocenters. The van der Waals surface area contributed by atoms with Crippen molar-refractivity contribution in [3.8, 4) is 0 Å². The van der Waals surface area contributed by atoms with E-state index in [1.165, 1.54) is 0 Å². The quantitative estimate of drug-likeness (QED) is 0.624. The SMILES string of the molecule is CCC(N)(CC)C(=O)N(CCCN(C)C)CCCN(C)C. The molecule has 0 saturated carbocycles. The molecule has 126 valence electrons. The molecule has 0 bridgehead atoms. The van der Waals surface area contributed by atoms with Gasteiger partial charge in [0.05, 0.1) is 5.54 Å². The molecule has 0 radical (unpaired) electrons. The van der Waals surface area contributed by atoms with E-state index in [2.05, 4.69) is 38.0 Å². The third kappa shape index (κ3) is 7.79. The van der Waals surface area contributed by atoms with Crippen LogP contribution in [0.25, 0.3) is 0 Å². The number of rotatable bonds is 11. The molecule has 0 saturated heterocycles. The zero-order valence-corrected chi connectivity index (χ0v) is 15.0. The van der Waals surface area contributed by atoms with Crippen molar-refractivity contribution in [3.05, 3.63) is 0 Å². The fraction of sp³-hybridized carbons (Fsp3) is 0.938. The Morgan fingerprint density at radius 3 is 1.52 bits per heavy atom. The van der Waals surface area contributed by atoms with Crippen molar-refractivity contribution < 1.29 is 4.79 Å². The van der Waals surface area contributed by atoms with Crippen LogP contribution < -0.4 is 5.73 Å². The lowest BCUT2D eigenvalue weighted by molar-refractivity contribution is -0.137. The standard InChI is InChI=1S/C16H36N4O/c1-7-16(17,8-2)15(21)20(13-9-11-18(3)4)14-10-12-19(5)6/h7-14,17H2,1-6H3. The van der Waals surface area contributed by atoms with Crippen LogP contribution in [0.4, 0.5) is 0 Å². The largest absolute Gasteiger partial charge is 0.341 e. The fourth-order valence-electron chi connectivity index (χ4n) is 2.34. The second kappa shape index (κ2) is 10.1. The first-order valence-electron chi connectivity index (χ1n) is 8.14. The van der Waals surface area contributed by atoms with Gasteiger partial charge in [-0.2, -0.15) is 0 Å². The van der Waals surface area contributed by atoms with E-state index in [9.17, 15) is 4.79 Å². The Morgan fingerprint density at radius 2 is 1.24 bits per heavy atom. The van der Waals surface area contributed by atoms with Gasteiger partial charge in [-0.25, -0.2) is 0 Å². The van der Waals surface area contributed by atoms with Crippen molar-refractivity contribution in [2.24, 2.45) is 5.73 Å². The van der Waals surface area contributed by atoms with Crippen LogP contribution in [0.2, 0.25) is 0 Å². The lowest BCUT2D eigenvalue weighted by Crippen LogP contribution is -2.55. The molecule has 2 N–H and O–H groups in total. The lowest BCUT2D eigenvalue weighted by Gasteiger charge is -2.33. The maximum Gasteiger partial charge on any atom is 0.242 e. The van der Waals surface area contributed by atoms with Crippen molar-refractivity contribution >= 4 is 5.91 Å². The van der Waals surface area contributed by atoms with Crippen LogP contribution in [-0.2, 0) is 4.79 Å². The number of nitrogens with two attached hydrogens (primary N) is 1. The van der Waals surface area contributed by atoms with Crippen molar-refractivity contribution in [3.63, 3.8) is 0 Å². The number of carbonyl (C=O) groups is 1. The van der Waals surface area contributed by atoms with Crippen LogP contribution in [0.15, 0.2) is 0 Å². The minimum atomic E-state index is -0.698. The number of amides is 1. The van der Waals surface area contributed by atoms with Gasteiger partial charge in [0, 0.05) is 13.1 Å². The first kappa shape index (κ1) is 20.3. The highest BCUT2D eigenvalue weighted by Gasteiger charge is 2.33. The average Bonchev–Trinajstić information content (AvgIpc) is 2.43. The Kier molecular flexibility index (Phi) is 9.83. The minimum Gasteiger partial charge on any atom is -0.341 e. The molecule has 0 aromatic rings. The number of carbonyl (C=O) groups excluding carboxylic acids is 1. The maximum atomic E-state index is 12.8. The van der Waals surface area contributed by atoms with E-state index in [0.29, 0.717) is 12.8 Å². The molecule has 0 aromatic carbocycles. The predicted octanol–water partition coefficient (Wildman–Crippen LogP) is 1.24. The second-order valence-corrected chi connectivity index (χ2v) is 6.47.